The summed E-state index contributed by atoms with van der Waals surface area (Å²) in [5, 5.41) is 6.02. The first kappa shape index (κ1) is 20.0. The van der Waals surface area contributed by atoms with Crippen molar-refractivity contribution in [3.63, 3.8) is 0 Å². The zero-order valence-corrected chi connectivity index (χ0v) is 12.9. The molecule has 0 fully saturated rings. The summed E-state index contributed by atoms with van der Waals surface area (Å²) in [5.74, 6) is 0.812. The number of nitrogens with one attached hydrogen (secondary N) is 2. The van der Waals surface area contributed by atoms with Gasteiger partial charge in [0.2, 0.25) is 5.91 Å². The van der Waals surface area contributed by atoms with Crippen molar-refractivity contribution in [3.8, 4) is 0 Å². The molecule has 4 nitrogen and oxygen atoms in total. The first-order valence-corrected chi connectivity index (χ1v) is 6.55. The Hall–Kier alpha value is -0.320. The van der Waals surface area contributed by atoms with Crippen molar-refractivity contribution >= 4 is 18.3 Å². The summed E-state index contributed by atoms with van der Waals surface area (Å²) in [7, 11) is 1.65. The first-order valence-electron chi connectivity index (χ1n) is 6.55. The molecule has 0 saturated heterocycles. The molecule has 1 atom stereocenters. The van der Waals surface area contributed by atoms with Crippen LogP contribution in [0.15, 0.2) is 0 Å². The molecule has 0 aromatic heterocycles. The number of halogens is 1. The van der Waals surface area contributed by atoms with Gasteiger partial charge in [0.15, 0.2) is 0 Å². The highest BCUT2D eigenvalue weighted by atomic mass is 35.5. The van der Waals surface area contributed by atoms with E-state index in [2.05, 4.69) is 31.4 Å². The van der Waals surface area contributed by atoms with Crippen LogP contribution in [-0.4, -0.2) is 38.8 Å². The van der Waals surface area contributed by atoms with Crippen LogP contribution in [0.5, 0.6) is 0 Å². The Labute approximate surface area is 118 Å². The van der Waals surface area contributed by atoms with Gasteiger partial charge in [0.05, 0.1) is 13.2 Å². The Morgan fingerprint density at radius 1 is 1.22 bits per heavy atom. The van der Waals surface area contributed by atoms with E-state index in [9.17, 15) is 4.79 Å². The number of hydrogen-bond donors (Lipinski definition) is 2. The number of carbonyl (C=O) groups excluding carboxylic acids is 1. The minimum absolute atomic E-state index is 0. The van der Waals surface area contributed by atoms with Crippen LogP contribution < -0.4 is 10.6 Å². The van der Waals surface area contributed by atoms with Crippen molar-refractivity contribution in [1.29, 1.82) is 0 Å². The molecule has 0 aliphatic carbocycles. The fourth-order valence-electron chi connectivity index (χ4n) is 1.61. The topological polar surface area (TPSA) is 50.4 Å². The lowest BCUT2D eigenvalue weighted by atomic mass is 10.0. The molecule has 1 amide bonds. The molecule has 5 heteroatoms. The lowest BCUT2D eigenvalue weighted by Crippen LogP contribution is -2.39. The zero-order chi connectivity index (χ0) is 13.1. The van der Waals surface area contributed by atoms with Crippen LogP contribution in [-0.2, 0) is 9.53 Å². The second-order valence-corrected chi connectivity index (χ2v) is 4.96. The van der Waals surface area contributed by atoms with Crippen LogP contribution in [0, 0.1) is 5.92 Å². The Morgan fingerprint density at radius 2 is 1.89 bits per heavy atom. The maximum absolute atomic E-state index is 11.5. The minimum atomic E-state index is 0. The number of rotatable bonds is 10. The summed E-state index contributed by atoms with van der Waals surface area (Å²) in [6.45, 7) is 8.24. The van der Waals surface area contributed by atoms with Gasteiger partial charge in [0.25, 0.3) is 0 Å². The van der Waals surface area contributed by atoms with Crippen LogP contribution in [0.3, 0.4) is 0 Å². The summed E-state index contributed by atoms with van der Waals surface area (Å²) < 4.78 is 4.89. The third-order valence-electron chi connectivity index (χ3n) is 2.59. The van der Waals surface area contributed by atoms with Crippen LogP contribution >= 0.6 is 12.4 Å². The maximum atomic E-state index is 11.5. The summed E-state index contributed by atoms with van der Waals surface area (Å²) in [6, 6.07) is 0.269. The predicted octanol–water partition coefficient (Wildman–Crippen LogP) is 1.98. The SMILES string of the molecule is COCCNCC(=O)NC(C)CCCC(C)C.Cl. The Balaban J connectivity index is 0. The monoisotopic (exact) mass is 280 g/mol. The fourth-order valence-corrected chi connectivity index (χ4v) is 1.61. The number of methoxy groups -OCH3 is 1. The van der Waals surface area contributed by atoms with Crippen molar-refractivity contribution in [2.24, 2.45) is 5.92 Å². The molecule has 0 aromatic carbocycles. The summed E-state index contributed by atoms with van der Waals surface area (Å²) in [5.41, 5.74) is 0. The van der Waals surface area contributed by atoms with Gasteiger partial charge in [-0.15, -0.1) is 12.4 Å². The zero-order valence-electron chi connectivity index (χ0n) is 12.1. The summed E-state index contributed by atoms with van der Waals surface area (Å²) in [4.78, 5) is 11.5. The highest BCUT2D eigenvalue weighted by Crippen LogP contribution is 2.07. The molecule has 0 aliphatic rings. The molecular formula is C13H29ClN2O2. The van der Waals surface area contributed by atoms with Crippen LogP contribution in [0.4, 0.5) is 0 Å². The van der Waals surface area contributed by atoms with Crippen molar-refractivity contribution in [1.82, 2.24) is 10.6 Å². The molecule has 0 spiro atoms. The summed E-state index contributed by atoms with van der Waals surface area (Å²) in [6.07, 6.45) is 3.46. The van der Waals surface area contributed by atoms with E-state index in [4.69, 9.17) is 4.74 Å². The fraction of sp³-hybridized carbons (Fsp3) is 0.923. The van der Waals surface area contributed by atoms with Crippen molar-refractivity contribution < 1.29 is 9.53 Å². The van der Waals surface area contributed by atoms with Gasteiger partial charge in [0.1, 0.15) is 0 Å². The normalized spacial score (nSPS) is 12.1. The van der Waals surface area contributed by atoms with Crippen molar-refractivity contribution in [2.75, 3.05) is 26.8 Å². The lowest BCUT2D eigenvalue weighted by Gasteiger charge is -2.14. The second-order valence-electron chi connectivity index (χ2n) is 4.96. The lowest BCUT2D eigenvalue weighted by molar-refractivity contribution is -0.120. The van der Waals surface area contributed by atoms with E-state index in [-0.39, 0.29) is 24.4 Å². The molecule has 18 heavy (non-hydrogen) atoms. The predicted molar refractivity (Wildman–Crippen MR) is 78.3 cm³/mol. The standard InChI is InChI=1S/C13H28N2O2.ClH/c1-11(2)6-5-7-12(3)15-13(16)10-14-8-9-17-4;/h11-12,14H,5-10H2,1-4H3,(H,15,16);1H. The van der Waals surface area contributed by atoms with Gasteiger partial charge in [-0.1, -0.05) is 26.7 Å². The van der Waals surface area contributed by atoms with Crippen molar-refractivity contribution in [3.05, 3.63) is 0 Å². The van der Waals surface area contributed by atoms with Gasteiger partial charge in [-0.05, 0) is 19.3 Å². The number of carbonyl (C=O) groups is 1. The third-order valence-corrected chi connectivity index (χ3v) is 2.59. The maximum Gasteiger partial charge on any atom is 0.234 e. The van der Waals surface area contributed by atoms with E-state index in [0.29, 0.717) is 19.7 Å². The Morgan fingerprint density at radius 3 is 2.44 bits per heavy atom. The van der Waals surface area contributed by atoms with E-state index in [0.717, 1.165) is 12.3 Å². The van der Waals surface area contributed by atoms with Gasteiger partial charge in [0, 0.05) is 19.7 Å². The number of amides is 1. The van der Waals surface area contributed by atoms with E-state index in [1.807, 2.05) is 0 Å². The average molecular weight is 281 g/mol. The van der Waals surface area contributed by atoms with Gasteiger partial charge in [-0.2, -0.15) is 0 Å². The molecular weight excluding hydrogens is 252 g/mol. The number of ether oxygens (including phenoxy) is 1. The average Bonchev–Trinajstić information content (AvgIpc) is 2.23. The smallest absolute Gasteiger partial charge is 0.234 e. The molecule has 0 aromatic rings. The van der Waals surface area contributed by atoms with Gasteiger partial charge < -0.3 is 15.4 Å². The molecule has 0 saturated carbocycles. The number of hydrogen-bond acceptors (Lipinski definition) is 3. The van der Waals surface area contributed by atoms with Crippen molar-refractivity contribution in [2.45, 2.75) is 46.1 Å². The van der Waals surface area contributed by atoms with E-state index in [1.54, 1.807) is 7.11 Å². The molecule has 2 N–H and O–H groups in total. The van der Waals surface area contributed by atoms with E-state index in [1.165, 1.54) is 12.8 Å². The molecule has 0 heterocycles. The molecule has 0 aliphatic heterocycles. The summed E-state index contributed by atoms with van der Waals surface area (Å²) >= 11 is 0. The molecule has 110 valence electrons. The largest absolute Gasteiger partial charge is 0.383 e. The third kappa shape index (κ3) is 13.7. The van der Waals surface area contributed by atoms with Gasteiger partial charge >= 0.3 is 0 Å². The minimum Gasteiger partial charge on any atom is -0.383 e. The molecule has 0 radical (unpaired) electrons. The second kappa shape index (κ2) is 13.1. The Bertz CT molecular complexity index is 201. The first-order chi connectivity index (χ1) is 8.06. The quantitative estimate of drug-likeness (QED) is 0.602. The van der Waals surface area contributed by atoms with E-state index >= 15 is 0 Å². The highest BCUT2D eigenvalue weighted by molar-refractivity contribution is 5.85. The van der Waals surface area contributed by atoms with Gasteiger partial charge in [-0.25, -0.2) is 0 Å². The molecule has 1 unspecified atom stereocenters. The van der Waals surface area contributed by atoms with E-state index < -0.39 is 0 Å². The molecule has 0 rings (SSSR count). The van der Waals surface area contributed by atoms with Crippen LogP contribution in [0.25, 0.3) is 0 Å². The van der Waals surface area contributed by atoms with Crippen LogP contribution in [0.2, 0.25) is 0 Å². The Kier molecular flexibility index (Phi) is 14.6. The van der Waals surface area contributed by atoms with Gasteiger partial charge in [-0.3, -0.25) is 4.79 Å². The highest BCUT2D eigenvalue weighted by Gasteiger charge is 2.06. The van der Waals surface area contributed by atoms with Crippen LogP contribution in [0.1, 0.15) is 40.0 Å². The molecule has 0 bridgehead atoms.